The molecule has 1 aliphatic heterocycles. The molecule has 0 aromatic heterocycles. The number of rotatable bonds is 4. The summed E-state index contributed by atoms with van der Waals surface area (Å²) in [5.74, 6) is -1.14. The lowest BCUT2D eigenvalue weighted by atomic mass is 10.1. The molecular formula is C18H21N3O3. The quantitative estimate of drug-likeness (QED) is 0.628. The van der Waals surface area contributed by atoms with E-state index in [1.807, 2.05) is 49.3 Å². The number of anilines is 1. The number of nitrogens with zero attached hydrogens (tertiary/aromatic N) is 3. The summed E-state index contributed by atoms with van der Waals surface area (Å²) in [5.41, 5.74) is 1.99. The molecular weight excluding hydrogens is 306 g/mol. The molecule has 1 fully saturated rings. The number of carbonyl (C=O) groups excluding carboxylic acids is 3. The average molecular weight is 327 g/mol. The Morgan fingerprint density at radius 3 is 2.46 bits per heavy atom. The Kier molecular flexibility index (Phi) is 5.18. The fourth-order valence-electron chi connectivity index (χ4n) is 2.36. The topological polar surface area (TPSA) is 60.9 Å². The van der Waals surface area contributed by atoms with Gasteiger partial charge in [0.25, 0.3) is 11.8 Å². The zero-order chi connectivity index (χ0) is 17.9. The first kappa shape index (κ1) is 17.5. The van der Waals surface area contributed by atoms with Gasteiger partial charge in [-0.2, -0.15) is 0 Å². The molecule has 1 aromatic carbocycles. The number of carbonyl (C=O) groups is 3. The van der Waals surface area contributed by atoms with Crippen LogP contribution in [0.2, 0.25) is 0 Å². The largest absolute Gasteiger partial charge is 0.378 e. The van der Waals surface area contributed by atoms with Crippen molar-refractivity contribution in [2.75, 3.05) is 32.6 Å². The zero-order valence-electron chi connectivity index (χ0n) is 14.3. The summed E-state index contributed by atoms with van der Waals surface area (Å²) >= 11 is 0. The summed E-state index contributed by atoms with van der Waals surface area (Å²) in [6.45, 7) is 1.92. The van der Waals surface area contributed by atoms with Crippen LogP contribution < -0.4 is 4.90 Å². The van der Waals surface area contributed by atoms with Crippen molar-refractivity contribution in [1.29, 1.82) is 0 Å². The van der Waals surface area contributed by atoms with Gasteiger partial charge >= 0.3 is 6.03 Å². The minimum absolute atomic E-state index is 0.0148. The second kappa shape index (κ2) is 7.12. The molecule has 0 atom stereocenters. The van der Waals surface area contributed by atoms with Gasteiger partial charge in [0.05, 0.1) is 0 Å². The molecule has 0 N–H and O–H groups in total. The van der Waals surface area contributed by atoms with Crippen LogP contribution in [0.25, 0.3) is 6.08 Å². The minimum atomic E-state index is -0.590. The number of allylic oxidation sites excluding steroid dienone is 2. The van der Waals surface area contributed by atoms with Gasteiger partial charge in [-0.1, -0.05) is 24.3 Å². The maximum Gasteiger partial charge on any atom is 0.333 e. The van der Waals surface area contributed by atoms with E-state index in [0.29, 0.717) is 0 Å². The Morgan fingerprint density at radius 2 is 1.83 bits per heavy atom. The Hall–Kier alpha value is -2.89. The monoisotopic (exact) mass is 327 g/mol. The van der Waals surface area contributed by atoms with E-state index in [4.69, 9.17) is 0 Å². The van der Waals surface area contributed by atoms with Crippen molar-refractivity contribution < 1.29 is 14.4 Å². The molecule has 1 aromatic rings. The van der Waals surface area contributed by atoms with E-state index in [1.165, 1.54) is 13.1 Å². The Balaban J connectivity index is 2.26. The van der Waals surface area contributed by atoms with Gasteiger partial charge in [-0.25, -0.2) is 4.79 Å². The van der Waals surface area contributed by atoms with E-state index in [9.17, 15) is 14.4 Å². The summed E-state index contributed by atoms with van der Waals surface area (Å²) in [4.78, 5) is 40.3. The zero-order valence-corrected chi connectivity index (χ0v) is 14.3. The second-order valence-electron chi connectivity index (χ2n) is 5.63. The predicted octanol–water partition coefficient (Wildman–Crippen LogP) is 2.13. The number of hydrogen-bond donors (Lipinski definition) is 0. The van der Waals surface area contributed by atoms with Crippen LogP contribution in [0.15, 0.2) is 42.0 Å². The average Bonchev–Trinajstić information content (AvgIpc) is 2.57. The van der Waals surface area contributed by atoms with Crippen LogP contribution >= 0.6 is 0 Å². The number of benzene rings is 1. The summed E-state index contributed by atoms with van der Waals surface area (Å²) in [6, 6.07) is 7.26. The van der Waals surface area contributed by atoms with Gasteiger partial charge in [-0.3, -0.25) is 19.4 Å². The fourth-order valence-corrected chi connectivity index (χ4v) is 2.36. The molecule has 0 spiro atoms. The Labute approximate surface area is 141 Å². The molecule has 1 saturated heterocycles. The van der Waals surface area contributed by atoms with Crippen molar-refractivity contribution in [3.63, 3.8) is 0 Å². The third-order valence-electron chi connectivity index (χ3n) is 3.78. The summed E-state index contributed by atoms with van der Waals surface area (Å²) in [7, 11) is 5.28. The number of amides is 4. The lowest BCUT2D eigenvalue weighted by Crippen LogP contribution is -2.54. The molecule has 1 aliphatic rings. The third-order valence-corrected chi connectivity index (χ3v) is 3.78. The maximum atomic E-state index is 12.3. The molecule has 6 nitrogen and oxygen atoms in total. The molecule has 1 heterocycles. The van der Waals surface area contributed by atoms with E-state index in [-0.39, 0.29) is 12.1 Å². The van der Waals surface area contributed by atoms with Crippen molar-refractivity contribution in [3.05, 3.63) is 47.6 Å². The van der Waals surface area contributed by atoms with Crippen LogP contribution in [0.4, 0.5) is 10.5 Å². The van der Waals surface area contributed by atoms with Crippen molar-refractivity contribution >= 4 is 29.6 Å². The van der Waals surface area contributed by atoms with Gasteiger partial charge in [-0.05, 0) is 30.7 Å². The second-order valence-corrected chi connectivity index (χ2v) is 5.63. The van der Waals surface area contributed by atoms with Crippen LogP contribution in [0.5, 0.6) is 0 Å². The van der Waals surface area contributed by atoms with Crippen LogP contribution in [0.3, 0.4) is 0 Å². The van der Waals surface area contributed by atoms with Gasteiger partial charge in [0, 0.05) is 33.4 Å². The van der Waals surface area contributed by atoms with E-state index in [1.54, 1.807) is 13.0 Å². The molecule has 4 amide bonds. The highest BCUT2D eigenvalue weighted by molar-refractivity contribution is 6.28. The fraction of sp³-hybridized carbons (Fsp3) is 0.278. The first-order valence-electron chi connectivity index (χ1n) is 7.66. The number of hydrogen-bond acceptors (Lipinski definition) is 4. The molecule has 2 rings (SSSR count). The first-order valence-corrected chi connectivity index (χ1v) is 7.66. The van der Waals surface area contributed by atoms with Crippen LogP contribution in [-0.2, 0) is 9.59 Å². The molecule has 0 saturated carbocycles. The van der Waals surface area contributed by atoms with Gasteiger partial charge in [0.1, 0.15) is 5.57 Å². The van der Waals surface area contributed by atoms with Crippen molar-refractivity contribution in [1.82, 2.24) is 9.80 Å². The van der Waals surface area contributed by atoms with Crippen LogP contribution in [-0.4, -0.2) is 55.3 Å². The number of likely N-dealkylation sites (N-methyl/N-ethyl adjacent to an activating group) is 2. The SMILES string of the molecule is CCN1C(=O)/C(=C/C=C/c2cccc(N(C)C)c2)C(=O)N(C)C1=O. The summed E-state index contributed by atoms with van der Waals surface area (Å²) in [6.07, 6.45) is 4.92. The van der Waals surface area contributed by atoms with E-state index in [0.717, 1.165) is 21.1 Å². The number of imide groups is 2. The molecule has 6 heteroatoms. The molecule has 126 valence electrons. The van der Waals surface area contributed by atoms with Gasteiger partial charge in [0.2, 0.25) is 0 Å². The Bertz CT molecular complexity index is 735. The highest BCUT2D eigenvalue weighted by atomic mass is 16.2. The highest BCUT2D eigenvalue weighted by Crippen LogP contribution is 2.17. The highest BCUT2D eigenvalue weighted by Gasteiger charge is 2.38. The van der Waals surface area contributed by atoms with Gasteiger partial charge in [-0.15, -0.1) is 0 Å². The van der Waals surface area contributed by atoms with E-state index >= 15 is 0 Å². The van der Waals surface area contributed by atoms with Gasteiger partial charge < -0.3 is 4.90 Å². The number of barbiturate groups is 1. The minimum Gasteiger partial charge on any atom is -0.378 e. The molecule has 0 unspecified atom stereocenters. The normalized spacial score (nSPS) is 17.3. The van der Waals surface area contributed by atoms with Crippen molar-refractivity contribution in [2.24, 2.45) is 0 Å². The predicted molar refractivity (Wildman–Crippen MR) is 93.4 cm³/mol. The van der Waals surface area contributed by atoms with Gasteiger partial charge in [0.15, 0.2) is 0 Å². The summed E-state index contributed by atoms with van der Waals surface area (Å²) < 4.78 is 0. The first-order chi connectivity index (χ1) is 11.4. The standard InChI is InChI=1S/C18H21N3O3/c1-5-21-17(23)15(16(22)20(4)18(21)24)11-7-9-13-8-6-10-14(12-13)19(2)3/h6-12H,5H2,1-4H3/b9-7+,15-11+. The Morgan fingerprint density at radius 1 is 1.12 bits per heavy atom. The lowest BCUT2D eigenvalue weighted by Gasteiger charge is -2.30. The summed E-state index contributed by atoms with van der Waals surface area (Å²) in [5, 5.41) is 0. The van der Waals surface area contributed by atoms with E-state index in [2.05, 4.69) is 0 Å². The van der Waals surface area contributed by atoms with Crippen LogP contribution in [0.1, 0.15) is 12.5 Å². The number of urea groups is 1. The molecule has 24 heavy (non-hydrogen) atoms. The van der Waals surface area contributed by atoms with Crippen molar-refractivity contribution in [2.45, 2.75) is 6.92 Å². The van der Waals surface area contributed by atoms with Crippen LogP contribution in [0, 0.1) is 0 Å². The molecule has 0 aliphatic carbocycles. The smallest absolute Gasteiger partial charge is 0.333 e. The van der Waals surface area contributed by atoms with Crippen molar-refractivity contribution in [3.8, 4) is 0 Å². The maximum absolute atomic E-state index is 12.3. The lowest BCUT2D eigenvalue weighted by molar-refractivity contribution is -0.134. The molecule has 0 radical (unpaired) electrons. The van der Waals surface area contributed by atoms with E-state index < -0.39 is 17.8 Å². The third kappa shape index (κ3) is 3.37. The molecule has 0 bridgehead atoms.